The standard InChI is InChI=1S/C20H24N2O4S/c1-2-15-7-10-18(11-8-15)26-14-20(23)21-22-27(24,25)19-12-9-16-5-3-4-6-17(16)13-19/h7-13,22H,2-6,14H2,1H3,(H,21,23). The molecule has 0 radical (unpaired) electrons. The van der Waals surface area contributed by atoms with Crippen molar-refractivity contribution < 1.29 is 17.9 Å². The van der Waals surface area contributed by atoms with E-state index in [4.69, 9.17) is 4.74 Å². The number of benzene rings is 2. The third-order valence-corrected chi connectivity index (χ3v) is 5.90. The Bertz CT molecular complexity index is 908. The number of hydrogen-bond donors (Lipinski definition) is 2. The van der Waals surface area contributed by atoms with Crippen molar-refractivity contribution in [1.82, 2.24) is 10.3 Å². The molecule has 0 bridgehead atoms. The minimum absolute atomic E-state index is 0.152. The third-order valence-electron chi connectivity index (χ3n) is 4.66. The molecular formula is C20H24N2O4S. The SMILES string of the molecule is CCc1ccc(OCC(=O)NNS(=O)(=O)c2ccc3c(c2)CCCC3)cc1. The quantitative estimate of drug-likeness (QED) is 0.714. The molecule has 2 aromatic carbocycles. The van der Waals surface area contributed by atoms with E-state index >= 15 is 0 Å². The summed E-state index contributed by atoms with van der Waals surface area (Å²) in [5.41, 5.74) is 5.63. The van der Waals surface area contributed by atoms with Crippen molar-refractivity contribution in [3.8, 4) is 5.75 Å². The molecule has 1 aliphatic rings. The van der Waals surface area contributed by atoms with Gasteiger partial charge in [-0.15, -0.1) is 4.83 Å². The van der Waals surface area contributed by atoms with E-state index in [-0.39, 0.29) is 11.5 Å². The molecule has 0 spiro atoms. The smallest absolute Gasteiger partial charge is 0.272 e. The first-order valence-corrected chi connectivity index (χ1v) is 10.6. The van der Waals surface area contributed by atoms with Gasteiger partial charge < -0.3 is 4.74 Å². The van der Waals surface area contributed by atoms with Gasteiger partial charge >= 0.3 is 0 Å². The molecule has 0 fully saturated rings. The average molecular weight is 388 g/mol. The van der Waals surface area contributed by atoms with Crippen LogP contribution in [0.5, 0.6) is 5.75 Å². The van der Waals surface area contributed by atoms with Crippen LogP contribution in [0.3, 0.4) is 0 Å². The number of carbonyl (C=O) groups excluding carboxylic acids is 1. The highest BCUT2D eigenvalue weighted by Crippen LogP contribution is 2.23. The topological polar surface area (TPSA) is 84.5 Å². The summed E-state index contributed by atoms with van der Waals surface area (Å²) < 4.78 is 30.2. The Morgan fingerprint density at radius 2 is 1.74 bits per heavy atom. The normalized spacial score (nSPS) is 13.7. The molecule has 2 aromatic rings. The molecule has 6 nitrogen and oxygen atoms in total. The number of carbonyl (C=O) groups is 1. The molecule has 0 atom stereocenters. The van der Waals surface area contributed by atoms with E-state index in [1.165, 1.54) is 11.1 Å². The van der Waals surface area contributed by atoms with E-state index in [2.05, 4.69) is 17.2 Å². The molecule has 7 heteroatoms. The number of ether oxygens (including phenoxy) is 1. The third kappa shape index (κ3) is 5.08. The number of fused-ring (bicyclic) bond motifs is 1. The van der Waals surface area contributed by atoms with Crippen molar-refractivity contribution in [2.75, 3.05) is 6.61 Å². The van der Waals surface area contributed by atoms with Crippen LogP contribution in [0.1, 0.15) is 36.5 Å². The number of hydrogen-bond acceptors (Lipinski definition) is 4. The summed E-state index contributed by atoms with van der Waals surface area (Å²) in [6.45, 7) is 1.77. The molecule has 0 unspecified atom stereocenters. The fourth-order valence-electron chi connectivity index (χ4n) is 3.07. The van der Waals surface area contributed by atoms with Crippen LogP contribution in [0.4, 0.5) is 0 Å². The molecule has 27 heavy (non-hydrogen) atoms. The van der Waals surface area contributed by atoms with Gasteiger partial charge in [0, 0.05) is 0 Å². The predicted molar refractivity (Wildman–Crippen MR) is 103 cm³/mol. The number of sulfonamides is 1. The van der Waals surface area contributed by atoms with Crippen LogP contribution in [0.2, 0.25) is 0 Å². The Hall–Kier alpha value is -2.38. The van der Waals surface area contributed by atoms with Gasteiger partial charge in [0.25, 0.3) is 15.9 Å². The van der Waals surface area contributed by atoms with Gasteiger partial charge in [0.2, 0.25) is 0 Å². The lowest BCUT2D eigenvalue weighted by atomic mass is 9.92. The predicted octanol–water partition coefficient (Wildman–Crippen LogP) is 2.52. The number of rotatable bonds is 7. The minimum atomic E-state index is -3.82. The monoisotopic (exact) mass is 388 g/mol. The Morgan fingerprint density at radius 3 is 2.44 bits per heavy atom. The lowest BCUT2D eigenvalue weighted by Gasteiger charge is -2.17. The summed E-state index contributed by atoms with van der Waals surface area (Å²) in [6.07, 6.45) is 4.99. The van der Waals surface area contributed by atoms with Crippen molar-refractivity contribution >= 4 is 15.9 Å². The Balaban J connectivity index is 1.54. The Kier molecular flexibility index (Phi) is 6.13. The lowest BCUT2D eigenvalue weighted by Crippen LogP contribution is -2.43. The summed E-state index contributed by atoms with van der Waals surface area (Å²) >= 11 is 0. The molecule has 3 rings (SSSR count). The molecule has 0 saturated carbocycles. The molecule has 0 heterocycles. The van der Waals surface area contributed by atoms with Gasteiger partial charge in [-0.25, -0.2) is 8.42 Å². The van der Waals surface area contributed by atoms with Crippen LogP contribution < -0.4 is 15.0 Å². The molecule has 0 saturated heterocycles. The molecule has 0 aliphatic heterocycles. The van der Waals surface area contributed by atoms with E-state index in [1.54, 1.807) is 24.3 Å². The van der Waals surface area contributed by atoms with Gasteiger partial charge in [0.1, 0.15) is 5.75 Å². The van der Waals surface area contributed by atoms with Crippen molar-refractivity contribution in [1.29, 1.82) is 0 Å². The zero-order valence-corrected chi connectivity index (χ0v) is 16.1. The first kappa shape index (κ1) is 19.4. The van der Waals surface area contributed by atoms with Crippen molar-refractivity contribution in [2.24, 2.45) is 0 Å². The van der Waals surface area contributed by atoms with E-state index < -0.39 is 15.9 Å². The highest BCUT2D eigenvalue weighted by Gasteiger charge is 2.18. The molecule has 2 N–H and O–H groups in total. The van der Waals surface area contributed by atoms with Gasteiger partial charge in [-0.3, -0.25) is 10.2 Å². The second-order valence-corrected chi connectivity index (χ2v) is 8.26. The maximum absolute atomic E-state index is 12.4. The van der Waals surface area contributed by atoms with E-state index in [0.29, 0.717) is 5.75 Å². The maximum atomic E-state index is 12.4. The van der Waals surface area contributed by atoms with Crippen LogP contribution in [0, 0.1) is 0 Å². The highest BCUT2D eigenvalue weighted by molar-refractivity contribution is 7.89. The first-order valence-electron chi connectivity index (χ1n) is 9.12. The fourth-order valence-corrected chi connectivity index (χ4v) is 3.98. The molecule has 144 valence electrons. The number of amides is 1. The van der Waals surface area contributed by atoms with Gasteiger partial charge in [0.05, 0.1) is 4.90 Å². The lowest BCUT2D eigenvalue weighted by molar-refractivity contribution is -0.123. The number of hydrazine groups is 1. The van der Waals surface area contributed by atoms with E-state index in [0.717, 1.165) is 37.7 Å². The largest absolute Gasteiger partial charge is 0.484 e. The van der Waals surface area contributed by atoms with Crippen LogP contribution in [-0.2, 0) is 34.1 Å². The highest BCUT2D eigenvalue weighted by atomic mass is 32.2. The maximum Gasteiger partial charge on any atom is 0.272 e. The second-order valence-electron chi connectivity index (χ2n) is 6.58. The number of nitrogens with one attached hydrogen (secondary N) is 2. The Morgan fingerprint density at radius 1 is 1.04 bits per heavy atom. The van der Waals surface area contributed by atoms with Crippen molar-refractivity contribution in [3.63, 3.8) is 0 Å². The summed E-state index contributed by atoms with van der Waals surface area (Å²) in [5, 5.41) is 0. The van der Waals surface area contributed by atoms with E-state index in [9.17, 15) is 13.2 Å². The van der Waals surface area contributed by atoms with Crippen LogP contribution in [0.25, 0.3) is 0 Å². The zero-order chi connectivity index (χ0) is 19.3. The molecular weight excluding hydrogens is 364 g/mol. The van der Waals surface area contributed by atoms with Crippen LogP contribution >= 0.6 is 0 Å². The van der Waals surface area contributed by atoms with Crippen molar-refractivity contribution in [2.45, 2.75) is 43.9 Å². The first-order chi connectivity index (χ1) is 13.0. The van der Waals surface area contributed by atoms with Crippen LogP contribution in [-0.4, -0.2) is 20.9 Å². The van der Waals surface area contributed by atoms with Gasteiger partial charge in [-0.05, 0) is 73.1 Å². The fraction of sp³-hybridized carbons (Fsp3) is 0.350. The van der Waals surface area contributed by atoms with Gasteiger partial charge in [0.15, 0.2) is 6.61 Å². The molecule has 1 aliphatic carbocycles. The van der Waals surface area contributed by atoms with Crippen LogP contribution in [0.15, 0.2) is 47.4 Å². The van der Waals surface area contributed by atoms with Gasteiger partial charge in [-0.2, -0.15) is 0 Å². The second kappa shape index (κ2) is 8.54. The number of aryl methyl sites for hydroxylation is 3. The van der Waals surface area contributed by atoms with Crippen molar-refractivity contribution in [3.05, 3.63) is 59.2 Å². The minimum Gasteiger partial charge on any atom is -0.484 e. The summed E-state index contributed by atoms with van der Waals surface area (Å²) in [7, 11) is -3.82. The zero-order valence-electron chi connectivity index (χ0n) is 15.3. The van der Waals surface area contributed by atoms with Gasteiger partial charge in [-0.1, -0.05) is 25.1 Å². The Labute approximate surface area is 160 Å². The molecule has 0 aromatic heterocycles. The molecule has 1 amide bonds. The summed E-state index contributed by atoms with van der Waals surface area (Å²) in [5.74, 6) is -0.0176. The van der Waals surface area contributed by atoms with E-state index in [1.807, 2.05) is 18.2 Å². The summed E-state index contributed by atoms with van der Waals surface area (Å²) in [6, 6.07) is 12.5. The summed E-state index contributed by atoms with van der Waals surface area (Å²) in [4.78, 5) is 14.2. The average Bonchev–Trinajstić information content (AvgIpc) is 2.70.